The van der Waals surface area contributed by atoms with Gasteiger partial charge in [0, 0.05) is 0 Å². The van der Waals surface area contributed by atoms with Crippen LogP contribution in [0.4, 0.5) is 0 Å². The fraction of sp³-hybridized carbons (Fsp3) is 0.917. The van der Waals surface area contributed by atoms with Crippen LogP contribution in [-0.4, -0.2) is 23.7 Å². The molecule has 1 aliphatic rings. The average molecular weight is 213 g/mol. The number of carboxylic acids is 1. The van der Waals surface area contributed by atoms with Gasteiger partial charge in [-0.25, -0.2) is 0 Å². The van der Waals surface area contributed by atoms with Crippen molar-refractivity contribution in [2.24, 2.45) is 5.92 Å². The molecule has 3 nitrogen and oxygen atoms in total. The Labute approximate surface area is 92.3 Å². The summed E-state index contributed by atoms with van der Waals surface area (Å²) in [5, 5.41) is 12.2. The van der Waals surface area contributed by atoms with Crippen molar-refractivity contribution in [2.45, 2.75) is 57.9 Å². The molecule has 1 fully saturated rings. The number of carbonyl (C=O) groups is 1. The molecule has 88 valence electrons. The van der Waals surface area contributed by atoms with Crippen LogP contribution in [0, 0.1) is 5.92 Å². The second-order valence-electron chi connectivity index (χ2n) is 4.59. The summed E-state index contributed by atoms with van der Waals surface area (Å²) in [5.41, 5.74) is 0. The van der Waals surface area contributed by atoms with Crippen LogP contribution in [0.3, 0.4) is 0 Å². The Morgan fingerprint density at radius 2 is 2.07 bits per heavy atom. The van der Waals surface area contributed by atoms with Crippen LogP contribution in [0.15, 0.2) is 0 Å². The quantitative estimate of drug-likeness (QED) is 0.712. The molecule has 0 spiro atoms. The molecular weight excluding hydrogens is 190 g/mol. The first-order valence-corrected chi connectivity index (χ1v) is 6.20. The topological polar surface area (TPSA) is 49.3 Å². The van der Waals surface area contributed by atoms with E-state index in [0.29, 0.717) is 5.92 Å². The minimum Gasteiger partial charge on any atom is -0.480 e. The molecule has 3 heteroatoms. The van der Waals surface area contributed by atoms with Crippen molar-refractivity contribution in [1.82, 2.24) is 5.32 Å². The smallest absolute Gasteiger partial charge is 0.320 e. The Balaban J connectivity index is 2.22. The molecule has 1 rings (SSSR count). The molecule has 0 bridgehead atoms. The van der Waals surface area contributed by atoms with Crippen LogP contribution in [0.5, 0.6) is 0 Å². The van der Waals surface area contributed by atoms with Gasteiger partial charge >= 0.3 is 5.97 Å². The van der Waals surface area contributed by atoms with E-state index < -0.39 is 5.97 Å². The molecule has 0 aromatic rings. The number of hydrogen-bond acceptors (Lipinski definition) is 2. The molecule has 2 N–H and O–H groups in total. The van der Waals surface area contributed by atoms with Crippen molar-refractivity contribution in [3.8, 4) is 0 Å². The van der Waals surface area contributed by atoms with Gasteiger partial charge in [0.1, 0.15) is 6.04 Å². The molecule has 0 aromatic heterocycles. The summed E-state index contributed by atoms with van der Waals surface area (Å²) in [7, 11) is 0. The highest BCUT2D eigenvalue weighted by atomic mass is 16.4. The molecular formula is C12H23NO2. The molecule has 15 heavy (non-hydrogen) atoms. The predicted molar refractivity (Wildman–Crippen MR) is 60.9 cm³/mol. The van der Waals surface area contributed by atoms with Gasteiger partial charge in [0.2, 0.25) is 0 Å². The lowest BCUT2D eigenvalue weighted by atomic mass is 9.89. The minimum absolute atomic E-state index is 0.336. The lowest BCUT2D eigenvalue weighted by Gasteiger charge is -2.23. The normalized spacial score (nSPS) is 20.1. The summed E-state index contributed by atoms with van der Waals surface area (Å²) in [6.45, 7) is 2.91. The highest BCUT2D eigenvalue weighted by Gasteiger charge is 2.19. The van der Waals surface area contributed by atoms with Crippen LogP contribution in [0.1, 0.15) is 51.9 Å². The van der Waals surface area contributed by atoms with Crippen molar-refractivity contribution in [2.75, 3.05) is 6.54 Å². The number of aliphatic carboxylic acids is 1. The third-order valence-corrected chi connectivity index (χ3v) is 3.25. The third kappa shape index (κ3) is 4.65. The summed E-state index contributed by atoms with van der Waals surface area (Å²) in [5.74, 6) is 0.00474. The van der Waals surface area contributed by atoms with E-state index >= 15 is 0 Å². The zero-order chi connectivity index (χ0) is 11.1. The second kappa shape index (κ2) is 6.83. The van der Waals surface area contributed by atoms with E-state index in [1.807, 2.05) is 6.92 Å². The molecule has 0 amide bonds. The average Bonchev–Trinajstić information content (AvgIpc) is 2.25. The standard InChI is InChI=1S/C12H23NO2/c1-2-6-11(12(14)15)13-9-10-7-4-3-5-8-10/h10-11,13H,2-9H2,1H3,(H,14,15)/t11-/m0/s1. The van der Waals surface area contributed by atoms with Crippen molar-refractivity contribution < 1.29 is 9.90 Å². The summed E-state index contributed by atoms with van der Waals surface area (Å²) in [6, 6.07) is -0.336. The molecule has 0 unspecified atom stereocenters. The Morgan fingerprint density at radius 1 is 1.40 bits per heavy atom. The number of hydrogen-bond donors (Lipinski definition) is 2. The maximum Gasteiger partial charge on any atom is 0.320 e. The molecule has 0 aliphatic heterocycles. The molecule has 1 aliphatic carbocycles. The van der Waals surface area contributed by atoms with Gasteiger partial charge in [0.05, 0.1) is 0 Å². The fourth-order valence-corrected chi connectivity index (χ4v) is 2.30. The number of nitrogens with one attached hydrogen (secondary N) is 1. The maximum atomic E-state index is 10.9. The Morgan fingerprint density at radius 3 is 2.60 bits per heavy atom. The SMILES string of the molecule is CCC[C@H](NCC1CCCCC1)C(=O)O. The van der Waals surface area contributed by atoms with E-state index in [2.05, 4.69) is 5.32 Å². The fourth-order valence-electron chi connectivity index (χ4n) is 2.30. The van der Waals surface area contributed by atoms with Crippen LogP contribution in [0.2, 0.25) is 0 Å². The summed E-state index contributed by atoms with van der Waals surface area (Å²) in [6.07, 6.45) is 8.19. The number of rotatable bonds is 6. The second-order valence-corrected chi connectivity index (χ2v) is 4.59. The number of carboxylic acid groups (broad SMARTS) is 1. The van der Waals surface area contributed by atoms with Gasteiger partial charge in [-0.05, 0) is 31.7 Å². The van der Waals surface area contributed by atoms with Crippen LogP contribution < -0.4 is 5.32 Å². The Bertz CT molecular complexity index is 188. The highest BCUT2D eigenvalue weighted by Crippen LogP contribution is 2.22. The highest BCUT2D eigenvalue weighted by molar-refractivity contribution is 5.73. The van der Waals surface area contributed by atoms with Crippen LogP contribution >= 0.6 is 0 Å². The minimum atomic E-state index is -0.701. The van der Waals surface area contributed by atoms with Crippen LogP contribution in [-0.2, 0) is 4.79 Å². The maximum absolute atomic E-state index is 10.9. The van der Waals surface area contributed by atoms with E-state index in [-0.39, 0.29) is 6.04 Å². The summed E-state index contributed by atoms with van der Waals surface area (Å²) >= 11 is 0. The lowest BCUT2D eigenvalue weighted by molar-refractivity contribution is -0.139. The lowest BCUT2D eigenvalue weighted by Crippen LogP contribution is -2.39. The zero-order valence-corrected chi connectivity index (χ0v) is 9.67. The molecule has 1 saturated carbocycles. The van der Waals surface area contributed by atoms with E-state index in [0.717, 1.165) is 19.4 Å². The summed E-state index contributed by atoms with van der Waals surface area (Å²) < 4.78 is 0. The van der Waals surface area contributed by atoms with Gasteiger partial charge in [-0.3, -0.25) is 4.79 Å². The van der Waals surface area contributed by atoms with E-state index in [9.17, 15) is 4.79 Å². The predicted octanol–water partition coefficient (Wildman–Crippen LogP) is 2.41. The molecule has 0 radical (unpaired) electrons. The molecule has 0 heterocycles. The summed E-state index contributed by atoms with van der Waals surface area (Å²) in [4.78, 5) is 10.9. The van der Waals surface area contributed by atoms with Gasteiger partial charge in [-0.15, -0.1) is 0 Å². The van der Waals surface area contributed by atoms with E-state index in [4.69, 9.17) is 5.11 Å². The monoisotopic (exact) mass is 213 g/mol. The largest absolute Gasteiger partial charge is 0.480 e. The van der Waals surface area contributed by atoms with Gasteiger partial charge in [0.25, 0.3) is 0 Å². The van der Waals surface area contributed by atoms with Crippen molar-refractivity contribution in [3.63, 3.8) is 0 Å². The first kappa shape index (κ1) is 12.5. The van der Waals surface area contributed by atoms with Crippen molar-refractivity contribution in [1.29, 1.82) is 0 Å². The molecule has 0 saturated heterocycles. The van der Waals surface area contributed by atoms with Gasteiger partial charge in [0.15, 0.2) is 0 Å². The van der Waals surface area contributed by atoms with E-state index in [1.165, 1.54) is 32.1 Å². The molecule has 0 aromatic carbocycles. The van der Waals surface area contributed by atoms with E-state index in [1.54, 1.807) is 0 Å². The van der Waals surface area contributed by atoms with Gasteiger partial charge < -0.3 is 10.4 Å². The Hall–Kier alpha value is -0.570. The van der Waals surface area contributed by atoms with Crippen molar-refractivity contribution >= 4 is 5.97 Å². The van der Waals surface area contributed by atoms with Gasteiger partial charge in [-0.1, -0.05) is 32.6 Å². The first-order valence-electron chi connectivity index (χ1n) is 6.20. The van der Waals surface area contributed by atoms with Crippen LogP contribution in [0.25, 0.3) is 0 Å². The van der Waals surface area contributed by atoms with Gasteiger partial charge in [-0.2, -0.15) is 0 Å². The zero-order valence-electron chi connectivity index (χ0n) is 9.67. The first-order chi connectivity index (χ1) is 7.24. The molecule has 1 atom stereocenters. The van der Waals surface area contributed by atoms with Crippen molar-refractivity contribution in [3.05, 3.63) is 0 Å². The Kier molecular flexibility index (Phi) is 5.69. The third-order valence-electron chi connectivity index (χ3n) is 3.25.